The van der Waals surface area contributed by atoms with Crippen LogP contribution < -0.4 is 0 Å². The van der Waals surface area contributed by atoms with E-state index in [-0.39, 0.29) is 11.9 Å². The van der Waals surface area contributed by atoms with Crippen LogP contribution in [0.5, 0.6) is 0 Å². The third kappa shape index (κ3) is 2.96. The molecule has 1 aromatic carbocycles. The smallest absolute Gasteiger partial charge is 0.314 e. The third-order valence-corrected chi connectivity index (χ3v) is 2.62. The first-order chi connectivity index (χ1) is 7.79. The first-order valence-electron chi connectivity index (χ1n) is 5.77. The Bertz CT molecular complexity index is 388. The minimum atomic E-state index is -0.0657. The second-order valence-electron chi connectivity index (χ2n) is 4.07. The van der Waals surface area contributed by atoms with Gasteiger partial charge < -0.3 is 4.74 Å². The van der Waals surface area contributed by atoms with Crippen LogP contribution in [-0.2, 0) is 9.53 Å². The fourth-order valence-electron chi connectivity index (χ4n) is 1.47. The molecule has 0 saturated heterocycles. The van der Waals surface area contributed by atoms with E-state index in [0.717, 1.165) is 30.6 Å². The number of esters is 1. The van der Waals surface area contributed by atoms with Gasteiger partial charge >= 0.3 is 5.97 Å². The lowest BCUT2D eigenvalue weighted by Gasteiger charge is -2.06. The maximum absolute atomic E-state index is 11.5. The van der Waals surface area contributed by atoms with Crippen LogP contribution >= 0.6 is 0 Å². The van der Waals surface area contributed by atoms with Crippen molar-refractivity contribution < 1.29 is 9.53 Å². The van der Waals surface area contributed by atoms with Gasteiger partial charge in [-0.3, -0.25) is 4.79 Å². The van der Waals surface area contributed by atoms with Crippen LogP contribution in [0.25, 0.3) is 6.08 Å². The molecule has 16 heavy (non-hydrogen) atoms. The molecule has 2 rings (SSSR count). The fraction of sp³-hybridized carbons (Fsp3) is 0.357. The van der Waals surface area contributed by atoms with Gasteiger partial charge in [0.2, 0.25) is 0 Å². The molecule has 0 N–H and O–H groups in total. The molecular formula is C14H16O2. The second kappa shape index (κ2) is 4.97. The van der Waals surface area contributed by atoms with Gasteiger partial charge in [0.15, 0.2) is 0 Å². The van der Waals surface area contributed by atoms with Crippen molar-refractivity contribution >= 4 is 12.0 Å². The van der Waals surface area contributed by atoms with Crippen molar-refractivity contribution in [2.24, 2.45) is 5.92 Å². The number of carbonyl (C=O) groups excluding carboxylic acids is 1. The van der Waals surface area contributed by atoms with Crippen LogP contribution in [0.1, 0.15) is 31.7 Å². The maximum Gasteiger partial charge on any atom is 0.314 e. The summed E-state index contributed by atoms with van der Waals surface area (Å²) in [6, 6.07) is 9.92. The molecule has 1 saturated carbocycles. The molecule has 0 unspecified atom stereocenters. The molecule has 0 bridgehead atoms. The van der Waals surface area contributed by atoms with E-state index in [0.29, 0.717) is 0 Å². The van der Waals surface area contributed by atoms with Gasteiger partial charge in [-0.25, -0.2) is 0 Å². The highest BCUT2D eigenvalue weighted by atomic mass is 16.5. The first kappa shape index (κ1) is 10.9. The van der Waals surface area contributed by atoms with Crippen molar-refractivity contribution in [3.8, 4) is 0 Å². The predicted octanol–water partition coefficient (Wildman–Crippen LogP) is 3.39. The van der Waals surface area contributed by atoms with Gasteiger partial charge in [0.25, 0.3) is 0 Å². The topological polar surface area (TPSA) is 26.3 Å². The lowest BCUT2D eigenvalue weighted by atomic mass is 10.2. The van der Waals surface area contributed by atoms with Gasteiger partial charge in [0, 0.05) is 6.42 Å². The highest BCUT2D eigenvalue weighted by Gasteiger charge is 2.31. The lowest BCUT2D eigenvalue weighted by molar-refractivity contribution is -0.141. The summed E-state index contributed by atoms with van der Waals surface area (Å²) in [6.45, 7) is 1.99. The molecule has 2 nitrogen and oxygen atoms in total. The molecule has 0 amide bonds. The minimum Gasteiger partial charge on any atom is -0.431 e. The monoisotopic (exact) mass is 216 g/mol. The maximum atomic E-state index is 11.5. The Morgan fingerprint density at radius 3 is 2.62 bits per heavy atom. The molecule has 0 radical (unpaired) electrons. The molecule has 1 fully saturated rings. The van der Waals surface area contributed by atoms with Gasteiger partial charge in [-0.05, 0) is 24.5 Å². The molecule has 0 atom stereocenters. The zero-order valence-electron chi connectivity index (χ0n) is 9.48. The quantitative estimate of drug-likeness (QED) is 0.569. The van der Waals surface area contributed by atoms with Crippen LogP contribution in [0.3, 0.4) is 0 Å². The molecule has 0 aliphatic heterocycles. The minimum absolute atomic E-state index is 0.0657. The average Bonchev–Trinajstić information content (AvgIpc) is 3.13. The van der Waals surface area contributed by atoms with Gasteiger partial charge in [0.1, 0.15) is 5.76 Å². The Labute approximate surface area is 95.9 Å². The van der Waals surface area contributed by atoms with Crippen molar-refractivity contribution in [2.75, 3.05) is 0 Å². The summed E-state index contributed by atoms with van der Waals surface area (Å²) < 4.78 is 5.35. The van der Waals surface area contributed by atoms with E-state index in [1.165, 1.54) is 0 Å². The number of rotatable bonds is 4. The zero-order chi connectivity index (χ0) is 11.4. The summed E-state index contributed by atoms with van der Waals surface area (Å²) in [7, 11) is 0. The van der Waals surface area contributed by atoms with Crippen LogP contribution in [0.2, 0.25) is 0 Å². The fourth-order valence-corrected chi connectivity index (χ4v) is 1.47. The Balaban J connectivity index is 2.03. The molecule has 0 aromatic heterocycles. The van der Waals surface area contributed by atoms with Crippen molar-refractivity contribution in [2.45, 2.75) is 26.2 Å². The van der Waals surface area contributed by atoms with E-state index in [9.17, 15) is 4.79 Å². The van der Waals surface area contributed by atoms with Gasteiger partial charge in [-0.2, -0.15) is 0 Å². The normalized spacial score (nSPS) is 15.9. The van der Waals surface area contributed by atoms with E-state index < -0.39 is 0 Å². The predicted molar refractivity (Wildman–Crippen MR) is 63.5 cm³/mol. The molecule has 84 valence electrons. The van der Waals surface area contributed by atoms with Crippen LogP contribution in [0.4, 0.5) is 0 Å². The summed E-state index contributed by atoms with van der Waals surface area (Å²) >= 11 is 0. The Hall–Kier alpha value is -1.57. The van der Waals surface area contributed by atoms with E-state index >= 15 is 0 Å². The summed E-state index contributed by atoms with van der Waals surface area (Å²) in [6.07, 6.45) is 4.65. The van der Waals surface area contributed by atoms with Gasteiger partial charge in [0.05, 0.1) is 5.92 Å². The molecule has 2 heteroatoms. The standard InChI is InChI=1S/C14H16O2/c1-2-13(16-14(15)12-8-9-12)10-11-6-4-3-5-7-11/h3-7,10,12H,2,8-9H2,1H3/b13-10+. The number of benzene rings is 1. The highest BCUT2D eigenvalue weighted by molar-refractivity contribution is 5.76. The van der Waals surface area contributed by atoms with Crippen molar-refractivity contribution in [1.82, 2.24) is 0 Å². The second-order valence-corrected chi connectivity index (χ2v) is 4.07. The first-order valence-corrected chi connectivity index (χ1v) is 5.77. The summed E-state index contributed by atoms with van der Waals surface area (Å²) in [5.74, 6) is 0.845. The lowest BCUT2D eigenvalue weighted by Crippen LogP contribution is -2.05. The van der Waals surface area contributed by atoms with Gasteiger partial charge in [-0.1, -0.05) is 37.3 Å². The van der Waals surface area contributed by atoms with Crippen molar-refractivity contribution in [3.63, 3.8) is 0 Å². The van der Waals surface area contributed by atoms with Crippen LogP contribution in [0, 0.1) is 5.92 Å². The van der Waals surface area contributed by atoms with Crippen LogP contribution in [0.15, 0.2) is 36.1 Å². The van der Waals surface area contributed by atoms with E-state index in [1.54, 1.807) is 0 Å². The average molecular weight is 216 g/mol. The Morgan fingerprint density at radius 1 is 1.38 bits per heavy atom. The number of carbonyl (C=O) groups is 1. The largest absolute Gasteiger partial charge is 0.431 e. The zero-order valence-corrected chi connectivity index (χ0v) is 9.48. The summed E-state index contributed by atoms with van der Waals surface area (Å²) in [5, 5.41) is 0. The molecule has 0 spiro atoms. The molecule has 1 aliphatic carbocycles. The number of allylic oxidation sites excluding steroid dienone is 1. The molecule has 0 heterocycles. The van der Waals surface area contributed by atoms with Crippen molar-refractivity contribution in [3.05, 3.63) is 41.7 Å². The van der Waals surface area contributed by atoms with E-state index in [4.69, 9.17) is 4.74 Å². The summed E-state index contributed by atoms with van der Waals surface area (Å²) in [4.78, 5) is 11.5. The summed E-state index contributed by atoms with van der Waals surface area (Å²) in [5.41, 5.74) is 1.07. The van der Waals surface area contributed by atoms with Crippen molar-refractivity contribution in [1.29, 1.82) is 0 Å². The van der Waals surface area contributed by atoms with Crippen LogP contribution in [-0.4, -0.2) is 5.97 Å². The van der Waals surface area contributed by atoms with E-state index in [2.05, 4.69) is 0 Å². The molecule has 1 aromatic rings. The third-order valence-electron chi connectivity index (χ3n) is 2.62. The Morgan fingerprint density at radius 2 is 2.06 bits per heavy atom. The SMILES string of the molecule is CC/C(=C\c1ccccc1)OC(=O)C1CC1. The highest BCUT2D eigenvalue weighted by Crippen LogP contribution is 2.31. The number of ether oxygens (including phenoxy) is 1. The van der Waals surface area contributed by atoms with E-state index in [1.807, 2.05) is 43.3 Å². The number of hydrogen-bond acceptors (Lipinski definition) is 2. The Kier molecular flexibility index (Phi) is 3.40. The molecular weight excluding hydrogens is 200 g/mol. The molecule has 1 aliphatic rings. The van der Waals surface area contributed by atoms with Gasteiger partial charge in [-0.15, -0.1) is 0 Å². The number of hydrogen-bond donors (Lipinski definition) is 0.